The highest BCUT2D eigenvalue weighted by Crippen LogP contribution is 2.25. The Balaban J connectivity index is 1.92. The van der Waals surface area contributed by atoms with Gasteiger partial charge in [-0.25, -0.2) is 0 Å². The van der Waals surface area contributed by atoms with Crippen LogP contribution in [0, 0.1) is 11.8 Å². The molecular weight excluding hydrogens is 228 g/mol. The van der Waals surface area contributed by atoms with E-state index in [9.17, 15) is 9.59 Å². The van der Waals surface area contributed by atoms with Crippen molar-refractivity contribution < 1.29 is 28.9 Å². The predicted molar refractivity (Wildman–Crippen MR) is 55.4 cm³/mol. The minimum atomic E-state index is -0.958. The van der Waals surface area contributed by atoms with Gasteiger partial charge in [0.25, 0.3) is 0 Å². The molecule has 96 valence electrons. The monoisotopic (exact) mass is 244 g/mol. The van der Waals surface area contributed by atoms with Gasteiger partial charge < -0.3 is 19.3 Å². The summed E-state index contributed by atoms with van der Waals surface area (Å²) in [5.74, 6) is -2.71. The van der Waals surface area contributed by atoms with Crippen molar-refractivity contribution >= 4 is 11.9 Å². The van der Waals surface area contributed by atoms with Crippen molar-refractivity contribution in [2.45, 2.75) is 18.9 Å². The second-order valence-electron chi connectivity index (χ2n) is 4.33. The smallest absolute Gasteiger partial charge is 0.309 e. The van der Waals surface area contributed by atoms with Crippen molar-refractivity contribution in [1.82, 2.24) is 0 Å². The molecule has 2 heterocycles. The van der Waals surface area contributed by atoms with E-state index in [4.69, 9.17) is 19.3 Å². The number of epoxide rings is 1. The molecule has 0 aliphatic carbocycles. The van der Waals surface area contributed by atoms with Crippen molar-refractivity contribution in [1.29, 1.82) is 0 Å². The van der Waals surface area contributed by atoms with Gasteiger partial charge in [0.2, 0.25) is 0 Å². The molecule has 6 nitrogen and oxygen atoms in total. The zero-order chi connectivity index (χ0) is 12.3. The summed E-state index contributed by atoms with van der Waals surface area (Å²) >= 11 is 0. The van der Waals surface area contributed by atoms with Crippen molar-refractivity contribution in [2.24, 2.45) is 11.8 Å². The lowest BCUT2D eigenvalue weighted by Gasteiger charge is -2.18. The molecule has 0 saturated carbocycles. The van der Waals surface area contributed by atoms with Crippen LogP contribution in [0.1, 0.15) is 12.8 Å². The summed E-state index contributed by atoms with van der Waals surface area (Å²) < 4.78 is 15.2. The average Bonchev–Trinajstić information content (AvgIpc) is 3.12. The first kappa shape index (κ1) is 12.3. The summed E-state index contributed by atoms with van der Waals surface area (Å²) in [5, 5.41) is 9.08. The maximum atomic E-state index is 11.8. The Kier molecular flexibility index (Phi) is 3.96. The summed E-state index contributed by atoms with van der Waals surface area (Å²) in [7, 11) is 0. The molecule has 0 spiro atoms. The van der Waals surface area contributed by atoms with Gasteiger partial charge in [-0.3, -0.25) is 9.59 Å². The van der Waals surface area contributed by atoms with Crippen molar-refractivity contribution in [3.8, 4) is 0 Å². The molecule has 0 bridgehead atoms. The first-order valence-corrected chi connectivity index (χ1v) is 5.77. The Morgan fingerprint density at radius 1 is 1.24 bits per heavy atom. The molecule has 2 saturated heterocycles. The molecule has 0 aromatic carbocycles. The van der Waals surface area contributed by atoms with Gasteiger partial charge in [0, 0.05) is 13.2 Å². The lowest BCUT2D eigenvalue weighted by Crippen LogP contribution is -2.31. The quantitative estimate of drug-likeness (QED) is 0.556. The van der Waals surface area contributed by atoms with Gasteiger partial charge in [-0.2, -0.15) is 0 Å². The maximum Gasteiger partial charge on any atom is 0.309 e. The molecule has 0 aromatic heterocycles. The fourth-order valence-electron chi connectivity index (χ4n) is 1.95. The van der Waals surface area contributed by atoms with Crippen LogP contribution in [0.25, 0.3) is 0 Å². The molecular formula is C11H16O6. The standard InChI is InChI=1S/C11H16O6/c12-10(13)8-1-3-15-4-2-9(8)11(14)17-6-7-5-16-7/h7-9H,1-6H2,(H,12,13). The Labute approximate surface area is 98.8 Å². The van der Waals surface area contributed by atoms with Gasteiger partial charge in [-0.1, -0.05) is 0 Å². The fraction of sp³-hybridized carbons (Fsp3) is 0.818. The molecule has 17 heavy (non-hydrogen) atoms. The van der Waals surface area contributed by atoms with Gasteiger partial charge in [-0.15, -0.1) is 0 Å². The van der Waals surface area contributed by atoms with Crippen LogP contribution in [-0.4, -0.2) is 49.6 Å². The molecule has 2 aliphatic heterocycles. The van der Waals surface area contributed by atoms with Crippen LogP contribution in [0.2, 0.25) is 0 Å². The van der Waals surface area contributed by atoms with E-state index in [1.54, 1.807) is 0 Å². The van der Waals surface area contributed by atoms with Crippen LogP contribution in [-0.2, 0) is 23.8 Å². The number of carbonyl (C=O) groups excluding carboxylic acids is 1. The Bertz CT molecular complexity index is 298. The Morgan fingerprint density at radius 2 is 1.88 bits per heavy atom. The minimum absolute atomic E-state index is 0.00394. The van der Waals surface area contributed by atoms with Crippen molar-refractivity contribution in [3.63, 3.8) is 0 Å². The van der Waals surface area contributed by atoms with E-state index >= 15 is 0 Å². The lowest BCUT2D eigenvalue weighted by atomic mass is 9.88. The van der Waals surface area contributed by atoms with Gasteiger partial charge in [0.15, 0.2) is 0 Å². The number of hydrogen-bond donors (Lipinski definition) is 1. The molecule has 6 heteroatoms. The number of rotatable bonds is 4. The van der Waals surface area contributed by atoms with Crippen LogP contribution in [0.15, 0.2) is 0 Å². The van der Waals surface area contributed by atoms with E-state index in [-0.39, 0.29) is 12.7 Å². The molecule has 2 aliphatic rings. The van der Waals surface area contributed by atoms with E-state index in [1.807, 2.05) is 0 Å². The van der Waals surface area contributed by atoms with E-state index in [0.29, 0.717) is 32.7 Å². The second kappa shape index (κ2) is 5.46. The third kappa shape index (κ3) is 3.41. The highest BCUT2D eigenvalue weighted by atomic mass is 16.6. The minimum Gasteiger partial charge on any atom is -0.481 e. The molecule has 0 radical (unpaired) electrons. The van der Waals surface area contributed by atoms with Crippen LogP contribution >= 0.6 is 0 Å². The second-order valence-corrected chi connectivity index (χ2v) is 4.33. The number of esters is 1. The van der Waals surface area contributed by atoms with E-state index in [2.05, 4.69) is 0 Å². The molecule has 2 rings (SSSR count). The third-order valence-corrected chi connectivity index (χ3v) is 3.07. The van der Waals surface area contributed by atoms with Crippen LogP contribution in [0.5, 0.6) is 0 Å². The van der Waals surface area contributed by atoms with Crippen LogP contribution < -0.4 is 0 Å². The number of ether oxygens (including phenoxy) is 3. The number of hydrogen-bond acceptors (Lipinski definition) is 5. The first-order chi connectivity index (χ1) is 8.18. The van der Waals surface area contributed by atoms with Crippen LogP contribution in [0.3, 0.4) is 0 Å². The maximum absolute atomic E-state index is 11.8. The zero-order valence-corrected chi connectivity index (χ0v) is 9.46. The van der Waals surface area contributed by atoms with Gasteiger partial charge >= 0.3 is 11.9 Å². The highest BCUT2D eigenvalue weighted by Gasteiger charge is 2.37. The first-order valence-electron chi connectivity index (χ1n) is 5.77. The molecule has 3 atom stereocenters. The normalized spacial score (nSPS) is 32.6. The van der Waals surface area contributed by atoms with Gasteiger partial charge in [-0.05, 0) is 12.8 Å². The number of carboxylic acid groups (broad SMARTS) is 1. The highest BCUT2D eigenvalue weighted by molar-refractivity contribution is 5.81. The predicted octanol–water partition coefficient (Wildman–Crippen LogP) is 0.0558. The van der Waals surface area contributed by atoms with E-state index in [1.165, 1.54) is 0 Å². The third-order valence-electron chi connectivity index (χ3n) is 3.07. The van der Waals surface area contributed by atoms with Gasteiger partial charge in [0.05, 0.1) is 18.4 Å². The summed E-state index contributed by atoms with van der Waals surface area (Å²) in [4.78, 5) is 22.9. The van der Waals surface area contributed by atoms with E-state index < -0.39 is 23.8 Å². The summed E-state index contributed by atoms with van der Waals surface area (Å²) in [6.07, 6.45) is 0.764. The SMILES string of the molecule is O=C(O)C1CCOCCC1C(=O)OCC1CO1. The zero-order valence-electron chi connectivity index (χ0n) is 9.46. The molecule has 2 fully saturated rings. The van der Waals surface area contributed by atoms with Crippen molar-refractivity contribution in [3.05, 3.63) is 0 Å². The number of aliphatic carboxylic acids is 1. The number of carbonyl (C=O) groups is 2. The van der Waals surface area contributed by atoms with Crippen LogP contribution in [0.4, 0.5) is 0 Å². The molecule has 0 aromatic rings. The molecule has 3 unspecified atom stereocenters. The molecule has 1 N–H and O–H groups in total. The van der Waals surface area contributed by atoms with Gasteiger partial charge in [0.1, 0.15) is 12.7 Å². The average molecular weight is 244 g/mol. The van der Waals surface area contributed by atoms with E-state index in [0.717, 1.165) is 0 Å². The number of carboxylic acids is 1. The summed E-state index contributed by atoms with van der Waals surface area (Å²) in [5.41, 5.74) is 0. The topological polar surface area (TPSA) is 85.4 Å². The Morgan fingerprint density at radius 3 is 2.47 bits per heavy atom. The lowest BCUT2D eigenvalue weighted by molar-refractivity contribution is -0.158. The summed E-state index contributed by atoms with van der Waals surface area (Å²) in [6, 6.07) is 0. The largest absolute Gasteiger partial charge is 0.481 e. The molecule has 0 amide bonds. The Hall–Kier alpha value is -1.14. The summed E-state index contributed by atoms with van der Waals surface area (Å²) in [6.45, 7) is 1.63. The fourth-order valence-corrected chi connectivity index (χ4v) is 1.95. The van der Waals surface area contributed by atoms with Crippen molar-refractivity contribution in [2.75, 3.05) is 26.4 Å².